The van der Waals surface area contributed by atoms with E-state index >= 15 is 0 Å². The molecule has 158 valence electrons. The molecule has 0 spiro atoms. The molecule has 3 heterocycles. The summed E-state index contributed by atoms with van der Waals surface area (Å²) in [6, 6.07) is 7.28. The van der Waals surface area contributed by atoms with E-state index in [0.717, 1.165) is 40.5 Å². The normalized spacial score (nSPS) is 15.1. The topological polar surface area (TPSA) is 78.7 Å². The zero-order valence-corrected chi connectivity index (χ0v) is 18.1. The quantitative estimate of drug-likeness (QED) is 0.678. The van der Waals surface area contributed by atoms with Gasteiger partial charge in [0.05, 0.1) is 11.7 Å². The molecule has 0 bridgehead atoms. The molecule has 30 heavy (non-hydrogen) atoms. The van der Waals surface area contributed by atoms with Crippen LogP contribution in [0.1, 0.15) is 22.4 Å². The predicted molar refractivity (Wildman–Crippen MR) is 118 cm³/mol. The second-order valence-corrected chi connectivity index (χ2v) is 8.99. The van der Waals surface area contributed by atoms with Crippen molar-refractivity contribution in [1.29, 1.82) is 0 Å². The Balaban J connectivity index is 1.32. The van der Waals surface area contributed by atoms with E-state index in [-0.39, 0.29) is 17.2 Å². The van der Waals surface area contributed by atoms with Gasteiger partial charge >= 0.3 is 0 Å². The van der Waals surface area contributed by atoms with Crippen LogP contribution in [0.15, 0.2) is 35.4 Å². The Morgan fingerprint density at radius 3 is 2.70 bits per heavy atom. The van der Waals surface area contributed by atoms with E-state index in [1.807, 2.05) is 30.9 Å². The van der Waals surface area contributed by atoms with E-state index in [1.165, 1.54) is 11.3 Å². The third-order valence-electron chi connectivity index (χ3n) is 5.76. The number of piperazine rings is 1. The van der Waals surface area contributed by atoms with Gasteiger partial charge in [-0.25, -0.2) is 4.98 Å². The van der Waals surface area contributed by atoms with Gasteiger partial charge in [-0.15, -0.1) is 11.3 Å². The number of nitrogens with zero attached hydrogens (tertiary/aromatic N) is 4. The summed E-state index contributed by atoms with van der Waals surface area (Å²) in [5.74, 6) is 0.342. The third kappa shape index (κ3) is 4.24. The van der Waals surface area contributed by atoms with Gasteiger partial charge < -0.3 is 10.0 Å². The van der Waals surface area contributed by atoms with Crippen molar-refractivity contribution in [3.05, 3.63) is 57.0 Å². The van der Waals surface area contributed by atoms with E-state index in [0.29, 0.717) is 31.4 Å². The molecule has 0 radical (unpaired) electrons. The number of aromatic hydroxyl groups is 1. The minimum atomic E-state index is -0.0643. The van der Waals surface area contributed by atoms with Crippen LogP contribution in [0, 0.1) is 13.8 Å². The lowest BCUT2D eigenvalue weighted by Gasteiger charge is -2.34. The van der Waals surface area contributed by atoms with Gasteiger partial charge in [0.1, 0.15) is 10.6 Å². The Morgan fingerprint density at radius 2 is 1.97 bits per heavy atom. The van der Waals surface area contributed by atoms with Gasteiger partial charge in [-0.1, -0.05) is 12.1 Å². The van der Waals surface area contributed by atoms with Gasteiger partial charge in [-0.05, 0) is 37.1 Å². The smallest absolute Gasteiger partial charge is 0.262 e. The lowest BCUT2D eigenvalue weighted by molar-refractivity contribution is -0.133. The van der Waals surface area contributed by atoms with E-state index in [9.17, 15) is 14.7 Å². The maximum Gasteiger partial charge on any atom is 0.262 e. The summed E-state index contributed by atoms with van der Waals surface area (Å²) in [4.78, 5) is 35.9. The van der Waals surface area contributed by atoms with Crippen LogP contribution >= 0.6 is 11.3 Å². The third-order valence-corrected chi connectivity index (χ3v) is 6.88. The van der Waals surface area contributed by atoms with Crippen molar-refractivity contribution in [2.24, 2.45) is 0 Å². The zero-order valence-electron chi connectivity index (χ0n) is 17.3. The van der Waals surface area contributed by atoms with Crippen LogP contribution in [-0.2, 0) is 17.9 Å². The number of fused-ring (bicyclic) bond motifs is 1. The second kappa shape index (κ2) is 8.57. The Labute approximate surface area is 179 Å². The number of carbonyl (C=O) groups is 1. The summed E-state index contributed by atoms with van der Waals surface area (Å²) < 4.78 is 1.55. The number of carbonyl (C=O) groups excluding carboxylic acids is 1. The van der Waals surface area contributed by atoms with E-state index in [1.54, 1.807) is 23.0 Å². The lowest BCUT2D eigenvalue weighted by atomic mass is 10.2. The molecule has 8 heteroatoms. The van der Waals surface area contributed by atoms with Crippen LogP contribution < -0.4 is 5.56 Å². The fourth-order valence-corrected chi connectivity index (χ4v) is 4.86. The molecule has 1 fully saturated rings. The fourth-order valence-electron chi connectivity index (χ4n) is 3.87. The molecular weight excluding hydrogens is 400 g/mol. The van der Waals surface area contributed by atoms with Crippen LogP contribution in [-0.4, -0.2) is 56.5 Å². The molecule has 1 saturated heterocycles. The van der Waals surface area contributed by atoms with Gasteiger partial charge in [-0.3, -0.25) is 19.1 Å². The molecule has 3 aromatic rings. The highest BCUT2D eigenvalue weighted by Crippen LogP contribution is 2.25. The average molecular weight is 427 g/mol. The van der Waals surface area contributed by atoms with E-state index in [4.69, 9.17) is 0 Å². The standard InChI is InChI=1S/C22H26N4O3S/c1-15-16(2)30-21-20(15)22(29)26(14-23-21)7-6-19(28)25-10-8-24(9-11-25)13-17-4-3-5-18(27)12-17/h3-5,12,14,27H,6-11,13H2,1-2H3. The van der Waals surface area contributed by atoms with Crippen molar-refractivity contribution in [2.75, 3.05) is 26.2 Å². The monoisotopic (exact) mass is 426 g/mol. The molecule has 1 N–H and O–H groups in total. The van der Waals surface area contributed by atoms with Crippen LogP contribution in [0.3, 0.4) is 0 Å². The largest absolute Gasteiger partial charge is 0.508 e. The maximum atomic E-state index is 12.8. The first-order valence-electron chi connectivity index (χ1n) is 10.2. The number of hydrogen-bond acceptors (Lipinski definition) is 6. The number of amides is 1. The molecule has 0 saturated carbocycles. The molecule has 1 amide bonds. The number of phenols is 1. The molecule has 0 aliphatic carbocycles. The van der Waals surface area contributed by atoms with E-state index in [2.05, 4.69) is 9.88 Å². The molecule has 1 aromatic carbocycles. The molecular formula is C22H26N4O3S. The van der Waals surface area contributed by atoms with Crippen LogP contribution in [0.25, 0.3) is 10.2 Å². The first kappa shape index (κ1) is 20.6. The molecule has 0 unspecified atom stereocenters. The van der Waals surface area contributed by atoms with Crippen molar-refractivity contribution in [2.45, 2.75) is 33.4 Å². The zero-order chi connectivity index (χ0) is 21.3. The number of aromatic nitrogens is 2. The molecule has 1 aliphatic rings. The number of aryl methyl sites for hydroxylation is 3. The minimum Gasteiger partial charge on any atom is -0.508 e. The number of benzene rings is 1. The molecule has 2 aromatic heterocycles. The Morgan fingerprint density at radius 1 is 1.20 bits per heavy atom. The number of phenolic OH excluding ortho intramolecular Hbond substituents is 1. The Kier molecular flexibility index (Phi) is 5.87. The molecule has 1 aliphatic heterocycles. The predicted octanol–water partition coefficient (Wildman–Crippen LogP) is 2.51. The number of thiophene rings is 1. The lowest BCUT2D eigenvalue weighted by Crippen LogP contribution is -2.48. The number of hydrogen-bond donors (Lipinski definition) is 1. The maximum absolute atomic E-state index is 12.8. The summed E-state index contributed by atoms with van der Waals surface area (Å²) in [5, 5.41) is 10.3. The summed E-state index contributed by atoms with van der Waals surface area (Å²) >= 11 is 1.53. The highest BCUT2D eigenvalue weighted by Gasteiger charge is 2.21. The fraction of sp³-hybridized carbons (Fsp3) is 0.409. The SMILES string of the molecule is Cc1sc2ncn(CCC(=O)N3CCN(Cc4cccc(O)c4)CC3)c(=O)c2c1C. The first-order valence-corrected chi connectivity index (χ1v) is 11.0. The molecule has 7 nitrogen and oxygen atoms in total. The van der Waals surface area contributed by atoms with Crippen molar-refractivity contribution < 1.29 is 9.90 Å². The molecule has 0 atom stereocenters. The summed E-state index contributed by atoms with van der Waals surface area (Å²) in [6.45, 7) is 7.98. The van der Waals surface area contributed by atoms with Gasteiger partial charge in [0.25, 0.3) is 5.56 Å². The summed E-state index contributed by atoms with van der Waals surface area (Å²) in [5.41, 5.74) is 1.98. The van der Waals surface area contributed by atoms with E-state index < -0.39 is 0 Å². The van der Waals surface area contributed by atoms with Crippen LogP contribution in [0.2, 0.25) is 0 Å². The minimum absolute atomic E-state index is 0.0643. The van der Waals surface area contributed by atoms with Crippen LogP contribution in [0.4, 0.5) is 0 Å². The van der Waals surface area contributed by atoms with Crippen molar-refractivity contribution >= 4 is 27.5 Å². The van der Waals surface area contributed by atoms with Gasteiger partial charge in [0.2, 0.25) is 5.91 Å². The molecule has 4 rings (SSSR count). The van der Waals surface area contributed by atoms with Crippen molar-refractivity contribution in [3.8, 4) is 5.75 Å². The van der Waals surface area contributed by atoms with Crippen LogP contribution in [0.5, 0.6) is 5.75 Å². The summed E-state index contributed by atoms with van der Waals surface area (Å²) in [6.07, 6.45) is 1.85. The highest BCUT2D eigenvalue weighted by molar-refractivity contribution is 7.18. The Bertz CT molecular complexity index is 1130. The Hall–Kier alpha value is -2.71. The van der Waals surface area contributed by atoms with Crippen molar-refractivity contribution in [1.82, 2.24) is 19.4 Å². The second-order valence-electron chi connectivity index (χ2n) is 7.78. The average Bonchev–Trinajstić information content (AvgIpc) is 3.02. The number of rotatable bonds is 5. The summed E-state index contributed by atoms with van der Waals surface area (Å²) in [7, 11) is 0. The van der Waals surface area contributed by atoms with Gasteiger partial charge in [0, 0.05) is 50.6 Å². The first-order chi connectivity index (χ1) is 14.4. The highest BCUT2D eigenvalue weighted by atomic mass is 32.1. The van der Waals surface area contributed by atoms with Gasteiger partial charge in [0.15, 0.2) is 0 Å². The van der Waals surface area contributed by atoms with Crippen molar-refractivity contribution in [3.63, 3.8) is 0 Å². The van der Waals surface area contributed by atoms with Gasteiger partial charge in [-0.2, -0.15) is 0 Å².